The van der Waals surface area contributed by atoms with Gasteiger partial charge in [-0.15, -0.1) is 0 Å². The molecule has 0 aliphatic carbocycles. The van der Waals surface area contributed by atoms with Gasteiger partial charge in [0.15, 0.2) is 0 Å². The fourth-order valence-electron chi connectivity index (χ4n) is 0.593. The zero-order chi connectivity index (χ0) is 15.5. The van der Waals surface area contributed by atoms with Crippen LogP contribution in [0.2, 0.25) is 0 Å². The Morgan fingerprint density at radius 1 is 1.92 bits per heavy atom. The van der Waals surface area contributed by atoms with E-state index in [-0.39, 0.29) is 0 Å². The molecule has 0 spiro atoms. The molecule has 1 saturated heterocycles. The molecule has 0 atom stereocenters. The minimum absolute atomic E-state index is 0.426. The number of rotatable bonds is 2. The molecule has 0 radical (unpaired) electrons. The number of nitrogen functional groups attached to an aromatic ring is 1. The van der Waals surface area contributed by atoms with Crippen LogP contribution < -0.4 is 10.5 Å². The molecule has 0 aromatic carbocycles. The van der Waals surface area contributed by atoms with Gasteiger partial charge in [-0.3, -0.25) is 0 Å². The van der Waals surface area contributed by atoms with E-state index in [4.69, 9.17) is 21.4 Å². The fraction of sp³-hybridized carbons (Fsp3) is 0.375. The van der Waals surface area contributed by atoms with E-state index in [2.05, 4.69) is 9.72 Å². The van der Waals surface area contributed by atoms with Crippen LogP contribution in [0.5, 0.6) is 5.88 Å². The predicted octanol–water partition coefficient (Wildman–Crippen LogP) is 0.441. The third kappa shape index (κ3) is 1.48. The molecule has 12 heavy (non-hydrogen) atoms. The highest BCUT2D eigenvalue weighted by Crippen LogP contribution is 2.15. The van der Waals surface area contributed by atoms with Gasteiger partial charge in [-0.1, -0.05) is 0 Å². The van der Waals surface area contributed by atoms with Crippen LogP contribution in [0.4, 0.5) is 5.69 Å². The third-order valence-corrected chi connectivity index (χ3v) is 1.08. The Bertz CT molecular complexity index is 564. The molecule has 0 amide bonds. The monoisotopic (exact) mass is 174 g/mol. The molecule has 64 valence electrons. The van der Waals surface area contributed by atoms with Gasteiger partial charge in [0, 0.05) is 17.9 Å². The molecule has 4 nitrogen and oxygen atoms in total. The summed E-state index contributed by atoms with van der Waals surface area (Å²) in [5.41, 5.74) is 4.98. The Kier molecular flexibility index (Phi) is 0.647. The van der Waals surface area contributed by atoms with E-state index in [0.29, 0.717) is 0 Å². The normalized spacial score (nSPS) is 37.7. The number of hydrogen-bond acceptors (Lipinski definition) is 4. The lowest BCUT2D eigenvalue weighted by molar-refractivity contribution is -0.0813. The topological polar surface area (TPSA) is 57.4 Å². The predicted molar refractivity (Wildman–Crippen MR) is 43.9 cm³/mol. The van der Waals surface area contributed by atoms with Crippen molar-refractivity contribution in [3.05, 3.63) is 18.3 Å². The van der Waals surface area contributed by atoms with E-state index >= 15 is 0 Å². The number of nitrogens with zero attached hydrogens (tertiary/aromatic N) is 1. The molecule has 2 N–H and O–H groups in total. The lowest BCUT2D eigenvalue weighted by Gasteiger charge is -2.25. The third-order valence-electron chi connectivity index (χ3n) is 1.08. The Balaban J connectivity index is 2.45. The van der Waals surface area contributed by atoms with Crippen LogP contribution in [0.15, 0.2) is 18.3 Å². The molecule has 1 aliphatic rings. The minimum Gasteiger partial charge on any atom is -0.469 e. The van der Waals surface area contributed by atoms with Crippen molar-refractivity contribution >= 4 is 5.69 Å². The maximum Gasteiger partial charge on any atom is 0.215 e. The number of hydrogen-bond donors (Lipinski definition) is 1. The van der Waals surface area contributed by atoms with E-state index in [1.165, 1.54) is 0 Å². The van der Waals surface area contributed by atoms with Crippen LogP contribution in [0.3, 0.4) is 0 Å². The summed E-state index contributed by atoms with van der Waals surface area (Å²) < 4.78 is 68.5. The first kappa shape index (κ1) is 2.60. The lowest BCUT2D eigenvalue weighted by atomic mass is 10.3. The Morgan fingerprint density at radius 3 is 3.50 bits per heavy atom. The molecule has 1 fully saturated rings. The van der Waals surface area contributed by atoms with Crippen LogP contribution in [0, 0.1) is 0 Å². The summed E-state index contributed by atoms with van der Waals surface area (Å²) in [5.74, 6) is -0.699. The molecule has 4 heteroatoms. The molecular weight excluding hydrogens is 156 g/mol. The minimum atomic E-state index is -2.80. The summed E-state index contributed by atoms with van der Waals surface area (Å²) in [5, 5.41) is 0. The summed E-state index contributed by atoms with van der Waals surface area (Å²) >= 11 is 0. The lowest BCUT2D eigenvalue weighted by Crippen LogP contribution is -2.38. The van der Waals surface area contributed by atoms with Crippen molar-refractivity contribution in [1.82, 2.24) is 4.98 Å². The Labute approximate surface area is 81.5 Å². The van der Waals surface area contributed by atoms with Crippen LogP contribution in [0.25, 0.3) is 0 Å². The number of aromatic nitrogens is 1. The van der Waals surface area contributed by atoms with Crippen molar-refractivity contribution in [1.29, 1.82) is 0 Å². The maximum absolute atomic E-state index is 7.73. The second-order valence-electron chi connectivity index (χ2n) is 1.93. The molecule has 0 bridgehead atoms. The van der Waals surface area contributed by atoms with Crippen molar-refractivity contribution in [2.24, 2.45) is 0 Å². The highest BCUT2D eigenvalue weighted by Gasteiger charge is 2.20. The maximum atomic E-state index is 7.73. The molecule has 0 saturated carbocycles. The zero-order valence-corrected chi connectivity index (χ0v) is 5.84. The molecule has 1 aromatic heterocycles. The number of anilines is 1. The molecule has 2 heterocycles. The van der Waals surface area contributed by atoms with Gasteiger partial charge in [-0.05, 0) is 6.04 Å². The SMILES string of the molecule is [2H]c1nc(OC2([2H])C([2H])([2H])OC2([2H])[2H])c([2H])c(N)c1[2H]. The van der Waals surface area contributed by atoms with Gasteiger partial charge < -0.3 is 15.2 Å². The first-order chi connectivity index (χ1) is 8.93. The van der Waals surface area contributed by atoms with Crippen molar-refractivity contribution in [2.75, 3.05) is 18.9 Å². The standard InChI is InChI=1S/C8H10N2O2/c9-6-1-2-10-8(3-6)12-7-4-11-5-7/h1-3,7H,4-5H2,(H2,9,10)/i1D,2D,3D,4D2,5D2,7D. The van der Waals surface area contributed by atoms with Crippen LogP contribution in [0.1, 0.15) is 11.0 Å². The van der Waals surface area contributed by atoms with Gasteiger partial charge in [0.1, 0.15) is 6.08 Å². The summed E-state index contributed by atoms with van der Waals surface area (Å²) in [6, 6.07) is -1.12. The van der Waals surface area contributed by atoms with E-state index < -0.39 is 49.0 Å². The second kappa shape index (κ2) is 2.98. The van der Waals surface area contributed by atoms with Crippen molar-refractivity contribution in [3.63, 3.8) is 0 Å². The van der Waals surface area contributed by atoms with Gasteiger partial charge in [0.05, 0.1) is 24.1 Å². The van der Waals surface area contributed by atoms with Crippen LogP contribution in [-0.2, 0) is 4.74 Å². The van der Waals surface area contributed by atoms with Gasteiger partial charge >= 0.3 is 0 Å². The smallest absolute Gasteiger partial charge is 0.215 e. The average Bonchev–Trinajstić information content (AvgIpc) is 2.31. The van der Waals surface area contributed by atoms with Crippen molar-refractivity contribution < 1.29 is 20.4 Å². The first-order valence-electron chi connectivity index (χ1n) is 7.05. The van der Waals surface area contributed by atoms with E-state index in [9.17, 15) is 0 Å². The van der Waals surface area contributed by atoms with Crippen LogP contribution >= 0.6 is 0 Å². The second-order valence-corrected chi connectivity index (χ2v) is 1.93. The average molecular weight is 174 g/mol. The van der Waals surface area contributed by atoms with Crippen molar-refractivity contribution in [3.8, 4) is 5.88 Å². The fourth-order valence-corrected chi connectivity index (χ4v) is 0.593. The van der Waals surface area contributed by atoms with Crippen LogP contribution in [-0.4, -0.2) is 24.2 Å². The van der Waals surface area contributed by atoms with Gasteiger partial charge in [0.25, 0.3) is 0 Å². The number of pyridine rings is 1. The van der Waals surface area contributed by atoms with E-state index in [0.717, 1.165) is 0 Å². The Morgan fingerprint density at radius 2 is 2.75 bits per heavy atom. The van der Waals surface area contributed by atoms with Gasteiger partial charge in [-0.2, -0.15) is 0 Å². The van der Waals surface area contributed by atoms with E-state index in [1.54, 1.807) is 0 Å². The number of nitrogens with two attached hydrogens (primary N) is 1. The summed E-state index contributed by atoms with van der Waals surface area (Å²) in [6.07, 6.45) is -3.43. The largest absolute Gasteiger partial charge is 0.469 e. The summed E-state index contributed by atoms with van der Waals surface area (Å²) in [4.78, 5) is 3.41. The summed E-state index contributed by atoms with van der Waals surface area (Å²) in [6.45, 7) is -5.53. The van der Waals surface area contributed by atoms with Crippen molar-refractivity contribution in [2.45, 2.75) is 6.08 Å². The highest BCUT2D eigenvalue weighted by molar-refractivity contribution is 5.39. The first-order valence-corrected chi connectivity index (χ1v) is 3.05. The number of ether oxygens (including phenoxy) is 2. The molecule has 1 aliphatic heterocycles. The quantitative estimate of drug-likeness (QED) is 0.707. The van der Waals surface area contributed by atoms with Gasteiger partial charge in [0.2, 0.25) is 5.88 Å². The highest BCUT2D eigenvalue weighted by atomic mass is 16.6. The molecule has 2 rings (SSSR count). The molecule has 0 unspecified atom stereocenters. The molecule has 1 aromatic rings. The summed E-state index contributed by atoms with van der Waals surface area (Å²) in [7, 11) is 0. The molecular formula is C8H10N2O2. The zero-order valence-electron chi connectivity index (χ0n) is 13.8. The van der Waals surface area contributed by atoms with E-state index in [1.807, 2.05) is 0 Å². The van der Waals surface area contributed by atoms with Gasteiger partial charge in [-0.25, -0.2) is 4.98 Å². The Hall–Kier alpha value is -1.29.